The van der Waals surface area contributed by atoms with Gasteiger partial charge in [-0.25, -0.2) is 0 Å². The third-order valence-corrected chi connectivity index (χ3v) is 6.41. The average Bonchev–Trinajstić information content (AvgIpc) is 3.06. The third-order valence-electron chi connectivity index (χ3n) is 4.82. The van der Waals surface area contributed by atoms with Gasteiger partial charge in [0.2, 0.25) is 5.91 Å². The van der Waals surface area contributed by atoms with E-state index in [2.05, 4.69) is 16.7 Å². The lowest BCUT2D eigenvalue weighted by Crippen LogP contribution is -2.61. The van der Waals surface area contributed by atoms with Crippen LogP contribution < -0.4 is 0 Å². The number of hydrogen-bond acceptors (Lipinski definition) is 4. The Labute approximate surface area is 126 Å². The van der Waals surface area contributed by atoms with Gasteiger partial charge in [-0.3, -0.25) is 9.69 Å². The maximum absolute atomic E-state index is 12.0. The van der Waals surface area contributed by atoms with E-state index in [1.165, 1.54) is 38.1 Å². The molecule has 0 aliphatic carbocycles. The molecule has 20 heavy (non-hydrogen) atoms. The van der Waals surface area contributed by atoms with Crippen molar-refractivity contribution in [2.75, 3.05) is 45.1 Å². The first-order chi connectivity index (χ1) is 9.72. The predicted octanol–water partition coefficient (Wildman–Crippen LogP) is 1.60. The third kappa shape index (κ3) is 3.00. The van der Waals surface area contributed by atoms with Crippen molar-refractivity contribution in [1.29, 1.82) is 0 Å². The van der Waals surface area contributed by atoms with E-state index >= 15 is 0 Å². The SMILES string of the molecule is CCOCCC(=O)N1CC2(CC(N3CCCC3)CS2)C1. The molecule has 3 fully saturated rings. The maximum Gasteiger partial charge on any atom is 0.224 e. The van der Waals surface area contributed by atoms with E-state index < -0.39 is 0 Å². The molecule has 3 rings (SSSR count). The predicted molar refractivity (Wildman–Crippen MR) is 82.1 cm³/mol. The molecule has 114 valence electrons. The quantitative estimate of drug-likeness (QED) is 0.722. The Bertz CT molecular complexity index is 352. The van der Waals surface area contributed by atoms with Crippen molar-refractivity contribution < 1.29 is 9.53 Å². The van der Waals surface area contributed by atoms with E-state index in [0.717, 1.165) is 19.1 Å². The smallest absolute Gasteiger partial charge is 0.224 e. The van der Waals surface area contributed by atoms with Crippen molar-refractivity contribution in [3.05, 3.63) is 0 Å². The Hall–Kier alpha value is -0.260. The van der Waals surface area contributed by atoms with Crippen LogP contribution in [0.15, 0.2) is 0 Å². The largest absolute Gasteiger partial charge is 0.381 e. The summed E-state index contributed by atoms with van der Waals surface area (Å²) in [5, 5.41) is 0. The van der Waals surface area contributed by atoms with Crippen LogP contribution in [0.5, 0.6) is 0 Å². The van der Waals surface area contributed by atoms with Crippen molar-refractivity contribution in [1.82, 2.24) is 9.80 Å². The minimum absolute atomic E-state index is 0.272. The summed E-state index contributed by atoms with van der Waals surface area (Å²) >= 11 is 2.11. The second kappa shape index (κ2) is 6.24. The van der Waals surface area contributed by atoms with Gasteiger partial charge in [-0.15, -0.1) is 11.8 Å². The number of nitrogens with zero attached hydrogens (tertiary/aromatic N) is 2. The molecule has 1 unspecified atom stereocenters. The Balaban J connectivity index is 1.42. The van der Waals surface area contributed by atoms with E-state index in [0.29, 0.717) is 24.4 Å². The minimum atomic E-state index is 0.272. The molecule has 3 saturated heterocycles. The molecule has 3 aliphatic rings. The number of hydrogen-bond donors (Lipinski definition) is 0. The molecule has 3 aliphatic heterocycles. The lowest BCUT2D eigenvalue weighted by atomic mass is 9.91. The number of thioether (sulfide) groups is 1. The zero-order valence-corrected chi connectivity index (χ0v) is 13.3. The molecule has 0 radical (unpaired) electrons. The van der Waals surface area contributed by atoms with Crippen LogP contribution in [0.3, 0.4) is 0 Å². The highest BCUT2D eigenvalue weighted by molar-refractivity contribution is 8.01. The normalized spacial score (nSPS) is 29.1. The van der Waals surface area contributed by atoms with Crippen LogP contribution in [0.25, 0.3) is 0 Å². The molecule has 1 atom stereocenters. The minimum Gasteiger partial charge on any atom is -0.381 e. The summed E-state index contributed by atoms with van der Waals surface area (Å²) in [6, 6.07) is 0.767. The van der Waals surface area contributed by atoms with Crippen LogP contribution in [-0.2, 0) is 9.53 Å². The van der Waals surface area contributed by atoms with Gasteiger partial charge >= 0.3 is 0 Å². The van der Waals surface area contributed by atoms with Gasteiger partial charge in [-0.2, -0.15) is 0 Å². The number of rotatable bonds is 5. The second-order valence-electron chi connectivity index (χ2n) is 6.29. The Morgan fingerprint density at radius 1 is 1.35 bits per heavy atom. The van der Waals surface area contributed by atoms with Crippen LogP contribution in [0.2, 0.25) is 0 Å². The van der Waals surface area contributed by atoms with Crippen molar-refractivity contribution in [3.8, 4) is 0 Å². The summed E-state index contributed by atoms with van der Waals surface area (Å²) in [7, 11) is 0. The molecule has 1 amide bonds. The molecule has 0 aromatic rings. The zero-order chi connectivity index (χ0) is 14.0. The van der Waals surface area contributed by atoms with Gasteiger partial charge in [0.1, 0.15) is 0 Å². The first kappa shape index (κ1) is 14.7. The Morgan fingerprint density at radius 3 is 2.80 bits per heavy atom. The van der Waals surface area contributed by atoms with Gasteiger partial charge in [0.15, 0.2) is 0 Å². The molecule has 0 aromatic carbocycles. The fourth-order valence-corrected chi connectivity index (χ4v) is 5.35. The highest BCUT2D eigenvalue weighted by Crippen LogP contribution is 2.47. The van der Waals surface area contributed by atoms with E-state index in [-0.39, 0.29) is 5.91 Å². The van der Waals surface area contributed by atoms with Crippen molar-refractivity contribution in [3.63, 3.8) is 0 Å². The molecular formula is C15H26N2O2S. The summed E-state index contributed by atoms with van der Waals surface area (Å²) in [4.78, 5) is 16.7. The van der Waals surface area contributed by atoms with Gasteiger partial charge in [-0.05, 0) is 39.3 Å². The van der Waals surface area contributed by atoms with Crippen LogP contribution in [0, 0.1) is 0 Å². The number of ether oxygens (including phenoxy) is 1. The van der Waals surface area contributed by atoms with Gasteiger partial charge in [-0.1, -0.05) is 0 Å². The summed E-state index contributed by atoms with van der Waals surface area (Å²) in [6.07, 6.45) is 4.57. The first-order valence-corrected chi connectivity index (χ1v) is 8.94. The second-order valence-corrected chi connectivity index (χ2v) is 7.78. The summed E-state index contributed by atoms with van der Waals surface area (Å²) in [6.45, 7) is 7.75. The van der Waals surface area contributed by atoms with Crippen LogP contribution in [0.1, 0.15) is 32.6 Å². The number of likely N-dealkylation sites (tertiary alicyclic amines) is 2. The van der Waals surface area contributed by atoms with Crippen molar-refractivity contribution >= 4 is 17.7 Å². The standard InChI is InChI=1S/C15H26N2O2S/c1-2-19-8-5-14(18)17-11-15(12-17)9-13(10-20-15)16-6-3-4-7-16/h13H,2-12H2,1H3. The Kier molecular flexibility index (Phi) is 4.58. The van der Waals surface area contributed by atoms with Crippen LogP contribution in [-0.4, -0.2) is 71.6 Å². The topological polar surface area (TPSA) is 32.8 Å². The zero-order valence-electron chi connectivity index (χ0n) is 12.5. The first-order valence-electron chi connectivity index (χ1n) is 7.96. The lowest BCUT2D eigenvalue weighted by Gasteiger charge is -2.47. The van der Waals surface area contributed by atoms with E-state index in [1.54, 1.807) is 0 Å². The summed E-state index contributed by atoms with van der Waals surface area (Å²) < 4.78 is 5.65. The molecule has 0 N–H and O–H groups in total. The van der Waals surface area contributed by atoms with Gasteiger partial charge < -0.3 is 9.64 Å². The maximum atomic E-state index is 12.0. The number of carbonyl (C=O) groups is 1. The van der Waals surface area contributed by atoms with E-state index in [4.69, 9.17) is 4.74 Å². The average molecular weight is 298 g/mol. The molecular weight excluding hydrogens is 272 g/mol. The summed E-state index contributed by atoms with van der Waals surface area (Å²) in [5.74, 6) is 1.54. The van der Waals surface area contributed by atoms with Crippen molar-refractivity contribution in [2.45, 2.75) is 43.4 Å². The Morgan fingerprint density at radius 2 is 2.10 bits per heavy atom. The molecule has 0 saturated carbocycles. The molecule has 1 spiro atoms. The van der Waals surface area contributed by atoms with Crippen LogP contribution in [0.4, 0.5) is 0 Å². The molecule has 0 aromatic heterocycles. The van der Waals surface area contributed by atoms with Gasteiger partial charge in [0.05, 0.1) is 17.8 Å². The fraction of sp³-hybridized carbons (Fsp3) is 0.933. The highest BCUT2D eigenvalue weighted by Gasteiger charge is 2.51. The molecule has 3 heterocycles. The monoisotopic (exact) mass is 298 g/mol. The molecule has 5 heteroatoms. The van der Waals surface area contributed by atoms with Gasteiger partial charge in [0, 0.05) is 31.5 Å². The molecule has 0 bridgehead atoms. The fourth-order valence-electron chi connectivity index (χ4n) is 3.67. The lowest BCUT2D eigenvalue weighted by molar-refractivity contribution is -0.137. The molecule has 4 nitrogen and oxygen atoms in total. The van der Waals surface area contributed by atoms with Crippen molar-refractivity contribution in [2.24, 2.45) is 0 Å². The highest BCUT2D eigenvalue weighted by atomic mass is 32.2. The van der Waals surface area contributed by atoms with Gasteiger partial charge in [0.25, 0.3) is 0 Å². The van der Waals surface area contributed by atoms with Crippen LogP contribution >= 0.6 is 11.8 Å². The van der Waals surface area contributed by atoms with E-state index in [1.807, 2.05) is 11.8 Å². The number of carbonyl (C=O) groups excluding carboxylic acids is 1. The number of amides is 1. The van der Waals surface area contributed by atoms with E-state index in [9.17, 15) is 4.79 Å². The summed E-state index contributed by atoms with van der Waals surface area (Å²) in [5.41, 5.74) is 0.